The van der Waals surface area contributed by atoms with Crippen molar-refractivity contribution in [1.29, 1.82) is 0 Å². The summed E-state index contributed by atoms with van der Waals surface area (Å²) in [6.45, 7) is 16.1. The van der Waals surface area contributed by atoms with Crippen LogP contribution in [-0.4, -0.2) is 44.7 Å². The molecule has 0 aromatic heterocycles. The lowest BCUT2D eigenvalue weighted by atomic mass is 10.2. The third kappa shape index (κ3) is 7.74. The summed E-state index contributed by atoms with van der Waals surface area (Å²) in [4.78, 5) is 5.02. The van der Waals surface area contributed by atoms with Crippen molar-refractivity contribution < 1.29 is 4.74 Å². The molecule has 0 amide bonds. The van der Waals surface area contributed by atoms with Gasteiger partial charge in [-0.15, -0.1) is 0 Å². The average Bonchev–Trinajstić information content (AvgIpc) is 2.66. The van der Waals surface area contributed by atoms with Crippen LogP contribution in [0.15, 0.2) is 24.3 Å². The number of nitrogens with zero attached hydrogens (tertiary/aromatic N) is 2. The molecule has 23 heavy (non-hydrogen) atoms. The van der Waals surface area contributed by atoms with E-state index in [1.807, 2.05) is 39.8 Å². The third-order valence-corrected chi connectivity index (χ3v) is 3.88. The van der Waals surface area contributed by atoms with E-state index in [0.29, 0.717) is 0 Å². The Morgan fingerprint density at radius 1 is 0.913 bits per heavy atom. The highest BCUT2D eigenvalue weighted by molar-refractivity contribution is 5.58. The van der Waals surface area contributed by atoms with Gasteiger partial charge in [-0.2, -0.15) is 0 Å². The van der Waals surface area contributed by atoms with E-state index in [0.717, 1.165) is 18.8 Å². The van der Waals surface area contributed by atoms with E-state index in [2.05, 4.69) is 28.9 Å². The lowest BCUT2D eigenvalue weighted by Crippen LogP contribution is -2.46. The number of methoxy groups -OCH3 is 1. The van der Waals surface area contributed by atoms with Crippen LogP contribution in [-0.2, 0) is 0 Å². The first-order chi connectivity index (χ1) is 11.3. The topological polar surface area (TPSA) is 15.7 Å². The second-order valence-corrected chi connectivity index (χ2v) is 5.21. The maximum Gasteiger partial charge on any atom is 0.142 e. The SMILES string of the molecule is CC.CC.CCCCCN1CCN(c2ccccc2OC)CC1. The summed E-state index contributed by atoms with van der Waals surface area (Å²) in [5, 5.41) is 0. The van der Waals surface area contributed by atoms with E-state index in [1.165, 1.54) is 44.6 Å². The fourth-order valence-electron chi connectivity index (χ4n) is 2.69. The second kappa shape index (κ2) is 14.4. The van der Waals surface area contributed by atoms with Gasteiger partial charge in [0.2, 0.25) is 0 Å². The van der Waals surface area contributed by atoms with E-state index in [1.54, 1.807) is 7.11 Å². The van der Waals surface area contributed by atoms with E-state index < -0.39 is 0 Å². The van der Waals surface area contributed by atoms with Crippen LogP contribution in [0.2, 0.25) is 0 Å². The highest BCUT2D eigenvalue weighted by atomic mass is 16.5. The number of unbranched alkanes of at least 4 members (excludes halogenated alkanes) is 2. The van der Waals surface area contributed by atoms with Gasteiger partial charge in [0.15, 0.2) is 0 Å². The maximum absolute atomic E-state index is 5.45. The number of hydrogen-bond donors (Lipinski definition) is 0. The molecule has 0 aliphatic carbocycles. The van der Waals surface area contributed by atoms with E-state index in [9.17, 15) is 0 Å². The normalized spacial score (nSPS) is 14.3. The van der Waals surface area contributed by atoms with Crippen molar-refractivity contribution in [3.05, 3.63) is 24.3 Å². The summed E-state index contributed by atoms with van der Waals surface area (Å²) in [5.41, 5.74) is 1.23. The zero-order valence-corrected chi connectivity index (χ0v) is 16.3. The molecule has 0 unspecified atom stereocenters. The molecule has 2 rings (SSSR count). The molecule has 0 N–H and O–H groups in total. The Balaban J connectivity index is 0.00000112. The fourth-order valence-corrected chi connectivity index (χ4v) is 2.69. The fraction of sp³-hybridized carbons (Fsp3) is 0.700. The number of rotatable bonds is 6. The van der Waals surface area contributed by atoms with Crippen molar-refractivity contribution in [3.63, 3.8) is 0 Å². The van der Waals surface area contributed by atoms with Crippen molar-refractivity contribution in [1.82, 2.24) is 4.90 Å². The average molecular weight is 323 g/mol. The zero-order valence-electron chi connectivity index (χ0n) is 16.3. The van der Waals surface area contributed by atoms with Gasteiger partial charge in [0.25, 0.3) is 0 Å². The quantitative estimate of drug-likeness (QED) is 0.681. The molecule has 1 aromatic carbocycles. The van der Waals surface area contributed by atoms with Gasteiger partial charge < -0.3 is 9.64 Å². The molecule has 3 heteroatoms. The molecule has 0 bridgehead atoms. The predicted molar refractivity (Wildman–Crippen MR) is 104 cm³/mol. The minimum atomic E-state index is 0.988. The number of piperazine rings is 1. The molecular formula is C20H38N2O. The van der Waals surface area contributed by atoms with Gasteiger partial charge in [0.05, 0.1) is 12.8 Å². The highest BCUT2D eigenvalue weighted by Gasteiger charge is 2.18. The van der Waals surface area contributed by atoms with Crippen molar-refractivity contribution >= 4 is 5.69 Å². The summed E-state index contributed by atoms with van der Waals surface area (Å²) >= 11 is 0. The standard InChI is InChI=1S/C16H26N2O.2C2H6/c1-3-4-7-10-17-11-13-18(14-12-17)15-8-5-6-9-16(15)19-2;2*1-2/h5-6,8-9H,3-4,7,10-14H2,1-2H3;2*1-2H3. The van der Waals surface area contributed by atoms with Crippen LogP contribution in [0.3, 0.4) is 0 Å². The van der Waals surface area contributed by atoms with Gasteiger partial charge in [-0.25, -0.2) is 0 Å². The molecule has 1 heterocycles. The maximum atomic E-state index is 5.45. The van der Waals surface area contributed by atoms with Gasteiger partial charge in [0, 0.05) is 26.2 Å². The monoisotopic (exact) mass is 322 g/mol. The molecule has 1 aliphatic heterocycles. The lowest BCUT2D eigenvalue weighted by Gasteiger charge is -2.36. The van der Waals surface area contributed by atoms with Crippen molar-refractivity contribution in [3.8, 4) is 5.75 Å². The molecule has 0 saturated carbocycles. The lowest BCUT2D eigenvalue weighted by molar-refractivity contribution is 0.252. The Morgan fingerprint density at radius 3 is 2.09 bits per heavy atom. The molecule has 1 aromatic rings. The Labute approximate surface area is 144 Å². The van der Waals surface area contributed by atoms with E-state index in [4.69, 9.17) is 4.74 Å². The molecule has 1 fully saturated rings. The van der Waals surface area contributed by atoms with Gasteiger partial charge in [0.1, 0.15) is 5.75 Å². The minimum absolute atomic E-state index is 0.988. The van der Waals surface area contributed by atoms with Crippen LogP contribution in [0.4, 0.5) is 5.69 Å². The van der Waals surface area contributed by atoms with Gasteiger partial charge >= 0.3 is 0 Å². The molecule has 1 saturated heterocycles. The number of hydrogen-bond acceptors (Lipinski definition) is 3. The highest BCUT2D eigenvalue weighted by Crippen LogP contribution is 2.28. The number of anilines is 1. The molecular weight excluding hydrogens is 284 g/mol. The largest absolute Gasteiger partial charge is 0.495 e. The number of benzene rings is 1. The van der Waals surface area contributed by atoms with Crippen LogP contribution < -0.4 is 9.64 Å². The third-order valence-electron chi connectivity index (χ3n) is 3.88. The smallest absolute Gasteiger partial charge is 0.142 e. The summed E-state index contributed by atoms with van der Waals surface area (Å²) in [6, 6.07) is 8.32. The van der Waals surface area contributed by atoms with Crippen LogP contribution in [0, 0.1) is 0 Å². The molecule has 134 valence electrons. The van der Waals surface area contributed by atoms with Crippen molar-refractivity contribution in [2.45, 2.75) is 53.9 Å². The van der Waals surface area contributed by atoms with Crippen LogP contribution in [0.5, 0.6) is 5.75 Å². The van der Waals surface area contributed by atoms with E-state index >= 15 is 0 Å². The summed E-state index contributed by atoms with van der Waals surface area (Å²) in [6.07, 6.45) is 4.00. The predicted octanol–water partition coefficient (Wildman–Crippen LogP) is 5.06. The zero-order chi connectivity index (χ0) is 17.5. The molecule has 1 aliphatic rings. The Morgan fingerprint density at radius 2 is 1.52 bits per heavy atom. The first-order valence-electron chi connectivity index (χ1n) is 9.45. The summed E-state index contributed by atoms with van der Waals surface area (Å²) in [7, 11) is 1.75. The Kier molecular flexibility index (Phi) is 13.6. The molecule has 0 atom stereocenters. The summed E-state index contributed by atoms with van der Waals surface area (Å²) < 4.78 is 5.45. The first kappa shape index (κ1) is 21.8. The Bertz CT molecular complexity index is 374. The van der Waals surface area contributed by atoms with Gasteiger partial charge in [-0.3, -0.25) is 4.90 Å². The van der Waals surface area contributed by atoms with Crippen LogP contribution in [0.25, 0.3) is 0 Å². The molecule has 3 nitrogen and oxygen atoms in total. The van der Waals surface area contributed by atoms with Gasteiger partial charge in [-0.1, -0.05) is 59.6 Å². The second-order valence-electron chi connectivity index (χ2n) is 5.21. The minimum Gasteiger partial charge on any atom is -0.495 e. The van der Waals surface area contributed by atoms with Gasteiger partial charge in [-0.05, 0) is 25.1 Å². The molecule has 0 radical (unpaired) electrons. The number of ether oxygens (including phenoxy) is 1. The van der Waals surface area contributed by atoms with Crippen molar-refractivity contribution in [2.24, 2.45) is 0 Å². The van der Waals surface area contributed by atoms with Crippen LogP contribution in [0.1, 0.15) is 53.9 Å². The first-order valence-corrected chi connectivity index (χ1v) is 9.45. The van der Waals surface area contributed by atoms with E-state index in [-0.39, 0.29) is 0 Å². The number of para-hydroxylation sites is 2. The Hall–Kier alpha value is -1.22. The summed E-state index contributed by atoms with van der Waals surface area (Å²) in [5.74, 6) is 0.988. The van der Waals surface area contributed by atoms with Crippen LogP contribution >= 0.6 is 0 Å². The van der Waals surface area contributed by atoms with Crippen molar-refractivity contribution in [2.75, 3.05) is 44.7 Å². The molecule has 0 spiro atoms.